The topological polar surface area (TPSA) is 142 Å². The second kappa shape index (κ2) is 8.00. The second-order valence-electron chi connectivity index (χ2n) is 7.22. The first kappa shape index (κ1) is 20.8. The number of fused-ring (bicyclic) bond motifs is 1. The molecular formula is C20H20N4O6S. The van der Waals surface area contributed by atoms with Crippen LogP contribution in [0, 0.1) is 0 Å². The zero-order chi connectivity index (χ0) is 22.2. The number of nitrogens with zero attached hydrogens (tertiary/aromatic N) is 2. The van der Waals surface area contributed by atoms with Gasteiger partial charge in [-0.1, -0.05) is 12.1 Å². The summed E-state index contributed by atoms with van der Waals surface area (Å²) in [6.45, 7) is 0.313. The van der Waals surface area contributed by atoms with E-state index in [4.69, 9.17) is 0 Å². The van der Waals surface area contributed by atoms with Crippen LogP contribution in [0.1, 0.15) is 12.8 Å². The van der Waals surface area contributed by atoms with Gasteiger partial charge >= 0.3 is 0 Å². The standard InChI is InChI=1S/C20H20N4O6S/c25-17-8-7-13(31(29,30)23-9-3-4-10-23)11-16(17)21-18(26)12-24-20(28)15-6-2-1-5-14(15)19(27)22-24/h1-2,5-8,11,25H,3-4,9-10,12H2,(H,21,26)(H,22,27). The number of carbonyl (C=O) groups is 1. The highest BCUT2D eigenvalue weighted by molar-refractivity contribution is 7.89. The smallest absolute Gasteiger partial charge is 0.273 e. The van der Waals surface area contributed by atoms with Crippen molar-refractivity contribution in [2.75, 3.05) is 18.4 Å². The molecule has 3 aromatic rings. The van der Waals surface area contributed by atoms with Gasteiger partial charge in [-0.3, -0.25) is 19.5 Å². The van der Waals surface area contributed by atoms with E-state index in [1.807, 2.05) is 0 Å². The molecule has 10 nitrogen and oxygen atoms in total. The number of aromatic hydroxyl groups is 1. The van der Waals surface area contributed by atoms with Crippen molar-refractivity contribution in [3.05, 3.63) is 63.2 Å². The van der Waals surface area contributed by atoms with Gasteiger partial charge in [0.05, 0.1) is 21.4 Å². The maximum Gasteiger partial charge on any atom is 0.273 e. The molecular weight excluding hydrogens is 424 g/mol. The molecule has 31 heavy (non-hydrogen) atoms. The van der Waals surface area contributed by atoms with Crippen LogP contribution in [-0.2, 0) is 21.4 Å². The lowest BCUT2D eigenvalue weighted by molar-refractivity contribution is -0.117. The summed E-state index contributed by atoms with van der Waals surface area (Å²) in [4.78, 5) is 37.1. The molecule has 0 unspecified atom stereocenters. The molecule has 1 saturated heterocycles. The summed E-state index contributed by atoms with van der Waals surface area (Å²) in [5.74, 6) is -1.05. The Bertz CT molecular complexity index is 1390. The summed E-state index contributed by atoms with van der Waals surface area (Å²) < 4.78 is 27.7. The fourth-order valence-electron chi connectivity index (χ4n) is 3.54. The number of phenolic OH excluding ortho intramolecular Hbond substituents is 1. The number of hydrogen-bond donors (Lipinski definition) is 3. The van der Waals surface area contributed by atoms with Crippen LogP contribution in [0.4, 0.5) is 5.69 Å². The number of H-pyrrole nitrogens is 1. The van der Waals surface area contributed by atoms with Crippen molar-refractivity contribution in [1.82, 2.24) is 14.1 Å². The molecule has 2 aromatic carbocycles. The number of nitrogens with one attached hydrogen (secondary N) is 2. The predicted molar refractivity (Wildman–Crippen MR) is 114 cm³/mol. The zero-order valence-corrected chi connectivity index (χ0v) is 17.2. The van der Waals surface area contributed by atoms with Crippen LogP contribution in [0.15, 0.2) is 56.9 Å². The first-order valence-electron chi connectivity index (χ1n) is 9.62. The number of anilines is 1. The van der Waals surface area contributed by atoms with Crippen molar-refractivity contribution < 1.29 is 18.3 Å². The Hall–Kier alpha value is -3.44. The van der Waals surface area contributed by atoms with Crippen LogP contribution in [0.2, 0.25) is 0 Å². The van der Waals surface area contributed by atoms with Crippen LogP contribution in [0.3, 0.4) is 0 Å². The fourth-order valence-corrected chi connectivity index (χ4v) is 5.09. The van der Waals surface area contributed by atoms with Gasteiger partial charge in [0.1, 0.15) is 12.3 Å². The lowest BCUT2D eigenvalue weighted by Gasteiger charge is -2.17. The Balaban J connectivity index is 1.60. The van der Waals surface area contributed by atoms with Crippen molar-refractivity contribution in [1.29, 1.82) is 0 Å². The summed E-state index contributed by atoms with van der Waals surface area (Å²) in [6, 6.07) is 9.85. The van der Waals surface area contributed by atoms with Gasteiger partial charge in [0.25, 0.3) is 11.1 Å². The minimum atomic E-state index is -3.74. The van der Waals surface area contributed by atoms with Crippen LogP contribution in [-0.4, -0.2) is 46.6 Å². The fraction of sp³-hybridized carbons (Fsp3) is 0.250. The molecule has 0 aliphatic carbocycles. The summed E-state index contributed by atoms with van der Waals surface area (Å²) >= 11 is 0. The number of aromatic nitrogens is 2. The van der Waals surface area contributed by atoms with E-state index < -0.39 is 33.6 Å². The van der Waals surface area contributed by atoms with E-state index in [2.05, 4.69) is 10.4 Å². The predicted octanol–water partition coefficient (Wildman–Crippen LogP) is 0.819. The molecule has 1 fully saturated rings. The largest absolute Gasteiger partial charge is 0.506 e. The maximum atomic E-state index is 12.7. The Labute approximate surface area is 176 Å². The van der Waals surface area contributed by atoms with Crippen LogP contribution in [0.25, 0.3) is 10.8 Å². The van der Waals surface area contributed by atoms with Crippen molar-refractivity contribution in [3.8, 4) is 5.75 Å². The van der Waals surface area contributed by atoms with Gasteiger partial charge in [0, 0.05) is 13.1 Å². The molecule has 1 amide bonds. The minimum Gasteiger partial charge on any atom is -0.506 e. The third-order valence-electron chi connectivity index (χ3n) is 5.13. The van der Waals surface area contributed by atoms with Gasteiger partial charge in [-0.05, 0) is 43.2 Å². The number of hydrogen-bond acceptors (Lipinski definition) is 6. The van der Waals surface area contributed by atoms with E-state index >= 15 is 0 Å². The Morgan fingerprint density at radius 2 is 1.74 bits per heavy atom. The molecule has 0 saturated carbocycles. The monoisotopic (exact) mass is 444 g/mol. The Morgan fingerprint density at radius 1 is 1.06 bits per heavy atom. The molecule has 0 bridgehead atoms. The number of sulfonamides is 1. The van der Waals surface area contributed by atoms with E-state index in [9.17, 15) is 27.9 Å². The maximum absolute atomic E-state index is 12.7. The average molecular weight is 444 g/mol. The van der Waals surface area contributed by atoms with E-state index in [0.717, 1.165) is 17.5 Å². The minimum absolute atomic E-state index is 0.0567. The summed E-state index contributed by atoms with van der Waals surface area (Å²) in [5.41, 5.74) is -1.19. The van der Waals surface area contributed by atoms with E-state index in [1.54, 1.807) is 12.1 Å². The molecule has 1 aliphatic heterocycles. The summed E-state index contributed by atoms with van der Waals surface area (Å²) in [7, 11) is -3.74. The highest BCUT2D eigenvalue weighted by atomic mass is 32.2. The molecule has 162 valence electrons. The zero-order valence-electron chi connectivity index (χ0n) is 16.4. The second-order valence-corrected chi connectivity index (χ2v) is 9.15. The third-order valence-corrected chi connectivity index (χ3v) is 7.03. The molecule has 1 aromatic heterocycles. The van der Waals surface area contributed by atoms with Crippen molar-refractivity contribution in [2.24, 2.45) is 0 Å². The number of rotatable bonds is 5. The molecule has 11 heteroatoms. The molecule has 0 radical (unpaired) electrons. The number of benzene rings is 2. The lowest BCUT2D eigenvalue weighted by atomic mass is 10.2. The van der Waals surface area contributed by atoms with Gasteiger partial charge in [-0.2, -0.15) is 4.31 Å². The van der Waals surface area contributed by atoms with Gasteiger partial charge < -0.3 is 10.4 Å². The number of amides is 1. The highest BCUT2D eigenvalue weighted by Crippen LogP contribution is 2.29. The van der Waals surface area contributed by atoms with Crippen molar-refractivity contribution in [3.63, 3.8) is 0 Å². The molecule has 4 rings (SSSR count). The molecule has 2 heterocycles. The number of aromatic amines is 1. The van der Waals surface area contributed by atoms with Gasteiger partial charge in [0.15, 0.2) is 0 Å². The summed E-state index contributed by atoms with van der Waals surface area (Å²) in [5, 5.41) is 15.2. The Kier molecular flexibility index (Phi) is 5.38. The molecule has 1 aliphatic rings. The van der Waals surface area contributed by atoms with Crippen LogP contribution >= 0.6 is 0 Å². The molecule has 3 N–H and O–H groups in total. The van der Waals surface area contributed by atoms with Gasteiger partial charge in [0.2, 0.25) is 15.9 Å². The van der Waals surface area contributed by atoms with E-state index in [1.165, 1.54) is 34.6 Å². The van der Waals surface area contributed by atoms with Crippen LogP contribution < -0.4 is 16.4 Å². The highest BCUT2D eigenvalue weighted by Gasteiger charge is 2.28. The number of phenols is 1. The molecule has 0 spiro atoms. The third kappa shape index (κ3) is 3.97. The lowest BCUT2D eigenvalue weighted by Crippen LogP contribution is -2.34. The van der Waals surface area contributed by atoms with Crippen molar-refractivity contribution in [2.45, 2.75) is 24.3 Å². The quantitative estimate of drug-likeness (QED) is 0.498. The normalized spacial score (nSPS) is 14.7. The van der Waals surface area contributed by atoms with E-state index in [0.29, 0.717) is 13.1 Å². The Morgan fingerprint density at radius 3 is 2.45 bits per heavy atom. The first-order chi connectivity index (χ1) is 14.8. The van der Waals surface area contributed by atoms with Crippen LogP contribution in [0.5, 0.6) is 5.75 Å². The first-order valence-corrected chi connectivity index (χ1v) is 11.1. The average Bonchev–Trinajstić information content (AvgIpc) is 3.29. The van der Waals surface area contributed by atoms with Crippen molar-refractivity contribution >= 4 is 32.4 Å². The summed E-state index contributed by atoms with van der Waals surface area (Å²) in [6.07, 6.45) is 1.55. The molecule has 0 atom stereocenters. The number of carbonyl (C=O) groups excluding carboxylic acids is 1. The SMILES string of the molecule is O=C(Cn1[nH]c(=O)c2ccccc2c1=O)Nc1cc(S(=O)(=O)N2CCCC2)ccc1O. The van der Waals surface area contributed by atoms with E-state index in [-0.39, 0.29) is 27.1 Å². The van der Waals surface area contributed by atoms with Gasteiger partial charge in [-0.15, -0.1) is 0 Å². The van der Waals surface area contributed by atoms with Gasteiger partial charge in [-0.25, -0.2) is 13.1 Å².